The third kappa shape index (κ3) is 24.2. The Kier molecular flexibility index (Phi) is 32.6. The van der Waals surface area contributed by atoms with Crippen LogP contribution in [0.3, 0.4) is 0 Å². The minimum Gasteiger partial charge on any atom is -0.462 e. The summed E-state index contributed by atoms with van der Waals surface area (Å²) < 4.78 is 127. The fraction of sp³-hybridized carbons (Fsp3) is 0.909. The Hall–Kier alpha value is -4.83. The quantitative estimate of drug-likeness (QED) is 0.0581. The molecule has 42 nitrogen and oxygen atoms in total. The second-order valence-corrected chi connectivity index (χ2v) is 38.3. The molecule has 21 heterocycles. The maximum absolute atomic E-state index is 13.6. The van der Waals surface area contributed by atoms with Gasteiger partial charge in [0.15, 0.2) is 44.0 Å². The molecule has 0 spiro atoms. The summed E-state index contributed by atoms with van der Waals surface area (Å²) in [7, 11) is 0. The van der Waals surface area contributed by atoms with E-state index in [2.05, 4.69) is 0 Å². The molecule has 21 rings (SSSR count). The van der Waals surface area contributed by atoms with Crippen LogP contribution in [0.4, 0.5) is 0 Å². The van der Waals surface area contributed by atoms with Gasteiger partial charge in [0.1, 0.15) is 217 Å². The van der Waals surface area contributed by atoms with Crippen LogP contribution in [-0.4, -0.2) is 374 Å². The van der Waals surface area contributed by atoms with Crippen molar-refractivity contribution >= 4 is 41.8 Å². The molecule has 0 aromatic rings. The van der Waals surface area contributed by atoms with Crippen molar-refractivity contribution in [3.05, 3.63) is 0 Å². The zero-order chi connectivity index (χ0) is 89.5. The van der Waals surface area contributed by atoms with Gasteiger partial charge in [0.05, 0.1) is 37.9 Å². The van der Waals surface area contributed by atoms with E-state index >= 15 is 0 Å². The van der Waals surface area contributed by atoms with E-state index in [1.165, 1.54) is 145 Å². The lowest BCUT2D eigenvalue weighted by atomic mass is 9.94. The predicted molar refractivity (Wildman–Crippen MR) is 392 cm³/mol. The predicted octanol–water partition coefficient (Wildman–Crippen LogP) is -4.05. The van der Waals surface area contributed by atoms with Gasteiger partial charge in [-0.1, -0.05) is 0 Å². The van der Waals surface area contributed by atoms with Gasteiger partial charge in [-0.05, 0) is 145 Å². The highest BCUT2D eigenvalue weighted by atomic mass is 16.8. The normalized spacial score (nSPS) is 40.6. The Labute approximate surface area is 688 Å². The third-order valence-corrected chi connectivity index (χ3v) is 20.5. The van der Waals surface area contributed by atoms with Gasteiger partial charge < -0.3 is 171 Å². The molecule has 0 aromatic heterocycles. The van der Waals surface area contributed by atoms with Crippen molar-refractivity contribution in [3.63, 3.8) is 0 Å². The number of carbonyl (C=O) groups is 7. The van der Waals surface area contributed by atoms with Crippen LogP contribution in [0, 0.1) is 37.9 Å². The number of rotatable bonds is 14. The standard InChI is InChI=1S/C77H126O42/c1-71(2,3)64(92)99-22-29-50-36(78)43(85)57(106-29)114-51-30(23-100-65(93)72(4,5)6)108-59(45(87)38(51)80)116-53-32(25-102-67(95)74(10,11)12)110-61(47(89)40(53)82)118-55-34(27-104-69(97)76(16,17)18)112-63(49(91)42(55)84)119-56-35(28-105-70(98)77(19,20)21)111-62(48(90)41(56)83)117-54-33(26-103-68(96)75(13,14)15)109-60(46(88)39(54)81)115-52-31(24-101-66(94)73(7,8)9)107-58(113-50)44(86)37(52)79/h29-63,78-91H,22-28H2,1-21H3/t29-,30-,31-,32-,33-,34-,35-,36-,37-,38-,39-,40-,41-,42-,43-,44-,45-,46-,47-,48-,49-,50-,51-,52-,53-,54-,55-,56-,57-,58-,59-,60-,61-,62-,63-/m1/s1. The molecule has 14 N–H and O–H groups in total. The van der Waals surface area contributed by atoms with Crippen molar-refractivity contribution in [1.82, 2.24) is 0 Å². The van der Waals surface area contributed by atoms with Gasteiger partial charge in [0.25, 0.3) is 0 Å². The summed E-state index contributed by atoms with van der Waals surface area (Å²) in [6, 6.07) is 0. The fourth-order valence-electron chi connectivity index (χ4n) is 12.9. The lowest BCUT2D eigenvalue weighted by Gasteiger charge is -2.50. The molecule has 21 aliphatic rings. The fourth-order valence-corrected chi connectivity index (χ4v) is 12.9. The highest BCUT2D eigenvalue weighted by Gasteiger charge is 2.61. The zero-order valence-corrected chi connectivity index (χ0v) is 70.8. The van der Waals surface area contributed by atoms with E-state index in [4.69, 9.17) is 99.5 Å². The van der Waals surface area contributed by atoms with Crippen molar-refractivity contribution in [2.45, 2.75) is 360 Å². The van der Waals surface area contributed by atoms with Crippen LogP contribution >= 0.6 is 0 Å². The molecule has 35 atom stereocenters. The Bertz CT molecular complexity index is 2780. The molecule has 0 amide bonds. The van der Waals surface area contributed by atoms with Crippen LogP contribution in [-0.2, 0) is 133 Å². The van der Waals surface area contributed by atoms with E-state index in [1.54, 1.807) is 0 Å². The van der Waals surface area contributed by atoms with Crippen LogP contribution in [0.15, 0.2) is 0 Å². The first-order valence-electron chi connectivity index (χ1n) is 39.5. The Morgan fingerprint density at radius 3 is 0.353 bits per heavy atom. The molecule has 119 heavy (non-hydrogen) atoms. The second kappa shape index (κ2) is 39.0. The van der Waals surface area contributed by atoms with Gasteiger partial charge in [-0.15, -0.1) is 0 Å². The Balaban J connectivity index is 1.27. The van der Waals surface area contributed by atoms with E-state index in [9.17, 15) is 105 Å². The summed E-state index contributed by atoms with van der Waals surface area (Å²) in [6.07, 6.45) is -76.7. The average molecular weight is 1720 g/mol. The molecule has 21 saturated heterocycles. The highest BCUT2D eigenvalue weighted by molar-refractivity contribution is 5.78. The van der Waals surface area contributed by atoms with Crippen LogP contribution in [0.5, 0.6) is 0 Å². The number of hydrogen-bond donors (Lipinski definition) is 14. The highest BCUT2D eigenvalue weighted by Crippen LogP contribution is 2.42. The van der Waals surface area contributed by atoms with Gasteiger partial charge >= 0.3 is 41.8 Å². The van der Waals surface area contributed by atoms with E-state index in [0.29, 0.717) is 0 Å². The average Bonchev–Trinajstić information content (AvgIpc) is 0.821. The van der Waals surface area contributed by atoms with E-state index in [0.717, 1.165) is 0 Å². The third-order valence-electron chi connectivity index (χ3n) is 20.5. The molecule has 0 aromatic carbocycles. The Morgan fingerprint density at radius 2 is 0.269 bits per heavy atom. The second-order valence-electron chi connectivity index (χ2n) is 38.3. The van der Waals surface area contributed by atoms with Crippen LogP contribution < -0.4 is 0 Å². The molecule has 42 heteroatoms. The van der Waals surface area contributed by atoms with Gasteiger partial charge in [-0.25, -0.2) is 0 Å². The number of carbonyl (C=O) groups excluding carboxylic acids is 7. The molecule has 0 aliphatic carbocycles. The summed E-state index contributed by atoms with van der Waals surface area (Å²) >= 11 is 0. The zero-order valence-electron chi connectivity index (χ0n) is 70.8. The first kappa shape index (κ1) is 99.6. The number of ether oxygens (including phenoxy) is 21. The maximum Gasteiger partial charge on any atom is 0.311 e. The van der Waals surface area contributed by atoms with Crippen LogP contribution in [0.2, 0.25) is 0 Å². The van der Waals surface area contributed by atoms with Crippen molar-refractivity contribution in [1.29, 1.82) is 0 Å². The molecule has 14 bridgehead atoms. The van der Waals surface area contributed by atoms with Gasteiger partial charge in [0.2, 0.25) is 0 Å². The molecule has 0 unspecified atom stereocenters. The number of esters is 7. The molecule has 0 saturated carbocycles. The number of aliphatic hydroxyl groups is 14. The summed E-state index contributed by atoms with van der Waals surface area (Å²) in [5.74, 6) is -6.26. The smallest absolute Gasteiger partial charge is 0.311 e. The van der Waals surface area contributed by atoms with Crippen molar-refractivity contribution in [2.75, 3.05) is 46.2 Å². The molecule has 0 radical (unpaired) electrons. The number of hydrogen-bond acceptors (Lipinski definition) is 42. The lowest BCUT2D eigenvalue weighted by molar-refractivity contribution is -0.396. The van der Waals surface area contributed by atoms with Crippen LogP contribution in [0.1, 0.15) is 145 Å². The molecule has 686 valence electrons. The van der Waals surface area contributed by atoms with Crippen molar-refractivity contribution < 1.29 is 205 Å². The topological polar surface area (TPSA) is 597 Å². The molecule has 21 fully saturated rings. The van der Waals surface area contributed by atoms with Crippen LogP contribution in [0.25, 0.3) is 0 Å². The molecular formula is C77H126O42. The van der Waals surface area contributed by atoms with E-state index < -0.39 is 341 Å². The van der Waals surface area contributed by atoms with E-state index in [1.807, 2.05) is 0 Å². The SMILES string of the molecule is CC(C)(C)C(=O)OC[C@H]1O[C@@H]2O[C@H]3[C@H](O)[C@@H](O)[C@@H](O[C@H]4[C@H](O)[C@@H](O)[C@@H](O[C@H]5[C@H](O)[C@@H](O)[C@@H](O[C@H]6[C@H](O)[C@@H](O)[C@@H](O[C@H]7[C@H](O)[C@@H](O)[C@@H](O[C@H]8[C@H](O)[C@@H](O)[C@@H](O[C@H]1[C@H](O)[C@H]2O)O[C@@H]8COC(=O)C(C)(C)C)O[C@@H]7COC(=O)C(C)(C)C)O[C@@H]6COC(=O)C(C)(C)C)O[C@@H]5COC(=O)C(C)(C)C)O[C@@H]4COC(=O)C(C)(C)C)O[C@@H]3COC(=O)C(C)(C)C. The summed E-state index contributed by atoms with van der Waals surface area (Å²) in [4.78, 5) is 95.0. The summed E-state index contributed by atoms with van der Waals surface area (Å²) in [6.45, 7) is 24.5. The van der Waals surface area contributed by atoms with Gasteiger partial charge in [0, 0.05) is 0 Å². The van der Waals surface area contributed by atoms with Gasteiger partial charge in [-0.3, -0.25) is 33.6 Å². The lowest BCUT2D eigenvalue weighted by Crippen LogP contribution is -2.68. The van der Waals surface area contributed by atoms with Crippen molar-refractivity contribution in [2.24, 2.45) is 37.9 Å². The number of aliphatic hydroxyl groups excluding tert-OH is 14. The monoisotopic (exact) mass is 1720 g/mol. The maximum atomic E-state index is 13.6. The van der Waals surface area contributed by atoms with Gasteiger partial charge in [-0.2, -0.15) is 0 Å². The summed E-state index contributed by atoms with van der Waals surface area (Å²) in [5.41, 5.74) is -8.73. The minimum atomic E-state index is -2.40. The Morgan fingerprint density at radius 1 is 0.176 bits per heavy atom. The molecular weight excluding hydrogens is 1600 g/mol. The first-order valence-corrected chi connectivity index (χ1v) is 39.5. The largest absolute Gasteiger partial charge is 0.462 e. The first-order chi connectivity index (χ1) is 54.6. The van der Waals surface area contributed by atoms with Crippen molar-refractivity contribution in [3.8, 4) is 0 Å². The molecule has 21 aliphatic heterocycles. The van der Waals surface area contributed by atoms with E-state index in [-0.39, 0.29) is 0 Å². The summed E-state index contributed by atoms with van der Waals surface area (Å²) in [5, 5.41) is 172. The minimum absolute atomic E-state index is 0.894.